The zero-order valence-electron chi connectivity index (χ0n) is 13.7. The number of fused-ring (bicyclic) bond motifs is 3. The van der Waals surface area contributed by atoms with Gasteiger partial charge in [0.15, 0.2) is 0 Å². The van der Waals surface area contributed by atoms with Gasteiger partial charge in [0.1, 0.15) is 11.2 Å². The smallest absolute Gasteiger partial charge is 0.136 e. The molecule has 7 aromatic rings. The Kier molecular flexibility index (Phi) is 2.20. The van der Waals surface area contributed by atoms with Gasteiger partial charge in [0.05, 0.1) is 0 Å². The number of hydrogen-bond acceptors (Lipinski definition) is 2. The molecule has 120 valence electrons. The molecule has 0 radical (unpaired) electrons. The van der Waals surface area contributed by atoms with Crippen LogP contribution in [0.25, 0.3) is 63.7 Å². The molecule has 0 saturated carbocycles. The Morgan fingerprint density at radius 2 is 1.12 bits per heavy atom. The molecule has 1 nitrogen and oxygen atoms in total. The molecule has 0 atom stereocenters. The van der Waals surface area contributed by atoms with Crippen molar-refractivity contribution in [2.75, 3.05) is 0 Å². The van der Waals surface area contributed by atoms with Crippen LogP contribution in [0.2, 0.25) is 0 Å². The number of benzene rings is 5. The highest BCUT2D eigenvalue weighted by molar-refractivity contribution is 7.24. The first-order valence-corrected chi connectivity index (χ1v) is 9.61. The average Bonchev–Trinajstić information content (AvgIpc) is 2.99. The summed E-state index contributed by atoms with van der Waals surface area (Å²) in [4.78, 5) is 0. The summed E-state index contributed by atoms with van der Waals surface area (Å²) in [7, 11) is 0. The summed E-state index contributed by atoms with van der Waals surface area (Å²) < 4.78 is 8.83. The standard InChI is InChI=1S/C24H12OS/c1-2-6-14-13(5-1)15-7-3-9-19-21(15)22-16(14)11-12-18-24(22)23-17(25-18)8-4-10-20(23)26-19/h1-12H. The monoisotopic (exact) mass is 348 g/mol. The normalized spacial score (nSPS) is 12.6. The predicted octanol–water partition coefficient (Wildman–Crippen LogP) is 7.70. The molecular weight excluding hydrogens is 336 g/mol. The summed E-state index contributed by atoms with van der Waals surface area (Å²) in [6.07, 6.45) is 0. The Bertz CT molecular complexity index is 1630. The maximum atomic E-state index is 6.22. The van der Waals surface area contributed by atoms with Crippen LogP contribution in [0.15, 0.2) is 77.2 Å². The lowest BCUT2D eigenvalue weighted by Gasteiger charge is -2.11. The third-order valence-electron chi connectivity index (χ3n) is 5.63. The van der Waals surface area contributed by atoms with E-state index in [2.05, 4.69) is 72.8 Å². The molecule has 0 fully saturated rings. The molecule has 0 aliphatic heterocycles. The van der Waals surface area contributed by atoms with Crippen molar-refractivity contribution in [1.82, 2.24) is 0 Å². The summed E-state index contributed by atoms with van der Waals surface area (Å²) in [5.41, 5.74) is 1.96. The van der Waals surface area contributed by atoms with Gasteiger partial charge in [0, 0.05) is 30.9 Å². The molecule has 2 aromatic heterocycles. The van der Waals surface area contributed by atoms with E-state index in [1.165, 1.54) is 52.5 Å². The van der Waals surface area contributed by atoms with Crippen molar-refractivity contribution in [1.29, 1.82) is 0 Å². The van der Waals surface area contributed by atoms with E-state index >= 15 is 0 Å². The van der Waals surface area contributed by atoms with Crippen molar-refractivity contribution in [3.05, 3.63) is 72.8 Å². The minimum Gasteiger partial charge on any atom is -0.456 e. The lowest BCUT2D eigenvalue weighted by Crippen LogP contribution is -1.83. The van der Waals surface area contributed by atoms with E-state index in [0.29, 0.717) is 0 Å². The first-order valence-electron chi connectivity index (χ1n) is 8.79. The maximum absolute atomic E-state index is 6.22. The zero-order valence-corrected chi connectivity index (χ0v) is 14.6. The second kappa shape index (κ2) is 4.35. The maximum Gasteiger partial charge on any atom is 0.136 e. The molecule has 0 aliphatic rings. The zero-order chi connectivity index (χ0) is 16.8. The van der Waals surface area contributed by atoms with E-state index in [0.717, 1.165) is 11.2 Å². The van der Waals surface area contributed by atoms with E-state index < -0.39 is 0 Å². The van der Waals surface area contributed by atoms with E-state index in [1.807, 2.05) is 11.3 Å². The summed E-state index contributed by atoms with van der Waals surface area (Å²) >= 11 is 1.86. The Morgan fingerprint density at radius 3 is 1.96 bits per heavy atom. The van der Waals surface area contributed by atoms with Crippen LogP contribution >= 0.6 is 11.3 Å². The SMILES string of the molecule is c1cc2oc3ccc4c5ccccc5c5cccc6sc(c1)c2c3c4c65. The van der Waals surface area contributed by atoms with Crippen LogP contribution in [-0.4, -0.2) is 0 Å². The van der Waals surface area contributed by atoms with E-state index in [1.54, 1.807) is 0 Å². The van der Waals surface area contributed by atoms with Gasteiger partial charge in [-0.3, -0.25) is 0 Å². The third kappa shape index (κ3) is 1.40. The van der Waals surface area contributed by atoms with Crippen molar-refractivity contribution in [3.8, 4) is 0 Å². The number of furan rings is 1. The number of hydrogen-bond donors (Lipinski definition) is 0. The predicted molar refractivity (Wildman–Crippen MR) is 113 cm³/mol. The lowest BCUT2D eigenvalue weighted by atomic mass is 9.92. The van der Waals surface area contributed by atoms with Gasteiger partial charge in [-0.05, 0) is 51.9 Å². The van der Waals surface area contributed by atoms with E-state index in [4.69, 9.17) is 4.42 Å². The topological polar surface area (TPSA) is 13.1 Å². The van der Waals surface area contributed by atoms with Crippen LogP contribution in [0.1, 0.15) is 0 Å². The highest BCUT2D eigenvalue weighted by Gasteiger charge is 2.19. The molecule has 2 heteroatoms. The first-order chi connectivity index (χ1) is 12.9. The second-order valence-electron chi connectivity index (χ2n) is 6.92. The summed E-state index contributed by atoms with van der Waals surface area (Å²) in [6, 6.07) is 26.2. The van der Waals surface area contributed by atoms with E-state index in [-0.39, 0.29) is 0 Å². The van der Waals surface area contributed by atoms with Gasteiger partial charge in [-0.15, -0.1) is 11.3 Å². The highest BCUT2D eigenvalue weighted by atomic mass is 32.1. The van der Waals surface area contributed by atoms with Gasteiger partial charge in [-0.25, -0.2) is 0 Å². The van der Waals surface area contributed by atoms with Crippen LogP contribution in [-0.2, 0) is 0 Å². The molecule has 0 aliphatic carbocycles. The van der Waals surface area contributed by atoms with Crippen molar-refractivity contribution < 1.29 is 4.42 Å². The Hall–Kier alpha value is -3.10. The van der Waals surface area contributed by atoms with Crippen LogP contribution < -0.4 is 0 Å². The Balaban J connectivity index is 2.05. The fourth-order valence-electron chi connectivity index (χ4n) is 4.62. The fraction of sp³-hybridized carbons (Fsp3) is 0. The summed E-state index contributed by atoms with van der Waals surface area (Å²) in [5, 5.41) is 10.5. The summed E-state index contributed by atoms with van der Waals surface area (Å²) in [6.45, 7) is 0. The third-order valence-corrected chi connectivity index (χ3v) is 6.75. The minimum atomic E-state index is 0.978. The van der Waals surface area contributed by atoms with Crippen LogP contribution in [0.3, 0.4) is 0 Å². The molecule has 0 spiro atoms. The quantitative estimate of drug-likeness (QED) is 0.256. The molecule has 0 amide bonds. The first kappa shape index (κ1) is 13.2. The highest BCUT2D eigenvalue weighted by Crippen LogP contribution is 2.47. The summed E-state index contributed by atoms with van der Waals surface area (Å²) in [5.74, 6) is 0. The molecule has 2 heterocycles. The minimum absolute atomic E-state index is 0.978. The van der Waals surface area contributed by atoms with Crippen LogP contribution in [0, 0.1) is 0 Å². The van der Waals surface area contributed by atoms with Gasteiger partial charge in [-0.2, -0.15) is 0 Å². The fourth-order valence-corrected chi connectivity index (χ4v) is 5.77. The Labute approximate surface area is 152 Å². The van der Waals surface area contributed by atoms with Crippen molar-refractivity contribution in [2.45, 2.75) is 0 Å². The second-order valence-corrected chi connectivity index (χ2v) is 8.00. The van der Waals surface area contributed by atoms with Gasteiger partial charge in [-0.1, -0.05) is 42.5 Å². The molecule has 26 heavy (non-hydrogen) atoms. The van der Waals surface area contributed by atoms with Gasteiger partial charge in [0.2, 0.25) is 0 Å². The molecule has 0 saturated heterocycles. The van der Waals surface area contributed by atoms with Gasteiger partial charge >= 0.3 is 0 Å². The van der Waals surface area contributed by atoms with Crippen LogP contribution in [0.5, 0.6) is 0 Å². The van der Waals surface area contributed by atoms with E-state index in [9.17, 15) is 0 Å². The Morgan fingerprint density at radius 1 is 0.462 bits per heavy atom. The van der Waals surface area contributed by atoms with Gasteiger partial charge in [0.25, 0.3) is 0 Å². The molecule has 5 aromatic carbocycles. The van der Waals surface area contributed by atoms with Crippen LogP contribution in [0.4, 0.5) is 0 Å². The van der Waals surface area contributed by atoms with Gasteiger partial charge < -0.3 is 4.42 Å². The van der Waals surface area contributed by atoms with Crippen molar-refractivity contribution in [3.63, 3.8) is 0 Å². The molecule has 0 N–H and O–H groups in total. The molecule has 7 rings (SSSR count). The van der Waals surface area contributed by atoms with Crippen molar-refractivity contribution >= 4 is 75.0 Å². The molecule has 0 unspecified atom stereocenters. The lowest BCUT2D eigenvalue weighted by molar-refractivity contribution is 0.669. The average molecular weight is 348 g/mol. The number of rotatable bonds is 0. The molecule has 0 bridgehead atoms. The molecular formula is C24H12OS. The van der Waals surface area contributed by atoms with Crippen molar-refractivity contribution in [2.24, 2.45) is 0 Å². The largest absolute Gasteiger partial charge is 0.456 e.